The largest absolute Gasteiger partial charge is 0.493 e. The third-order valence-corrected chi connectivity index (χ3v) is 4.24. The second kappa shape index (κ2) is 8.15. The summed E-state index contributed by atoms with van der Waals surface area (Å²) >= 11 is 0. The normalized spacial score (nSPS) is 11.2. The molecule has 1 N–H and O–H groups in total. The van der Waals surface area contributed by atoms with Gasteiger partial charge in [-0.3, -0.25) is 4.79 Å². The third kappa shape index (κ3) is 5.59. The quantitative estimate of drug-likeness (QED) is 0.696. The van der Waals surface area contributed by atoms with Gasteiger partial charge >= 0.3 is 0 Å². The molecule has 1 amide bonds. The number of carbonyl (C=O) groups excluding carboxylic acids is 1. The van der Waals surface area contributed by atoms with Crippen molar-refractivity contribution in [3.05, 3.63) is 59.4 Å². The molecule has 134 valence electrons. The Bertz CT molecular complexity index is 740. The summed E-state index contributed by atoms with van der Waals surface area (Å²) in [5, 5.41) is 2.78. The van der Waals surface area contributed by atoms with Crippen LogP contribution in [0.25, 0.3) is 0 Å². The highest BCUT2D eigenvalue weighted by Crippen LogP contribution is 2.26. The van der Waals surface area contributed by atoms with Gasteiger partial charge in [-0.15, -0.1) is 0 Å². The Hall–Kier alpha value is -2.36. The lowest BCUT2D eigenvalue weighted by Gasteiger charge is -2.23. The zero-order valence-electron chi connectivity index (χ0n) is 15.4. The van der Waals surface area contributed by atoms with Gasteiger partial charge in [-0.25, -0.2) is 4.39 Å². The van der Waals surface area contributed by atoms with E-state index in [2.05, 4.69) is 11.4 Å². The van der Waals surface area contributed by atoms with Crippen LogP contribution in [0.5, 0.6) is 5.75 Å². The number of aryl methyl sites for hydroxylation is 2. The number of anilines is 1. The van der Waals surface area contributed by atoms with Gasteiger partial charge in [0.1, 0.15) is 11.6 Å². The summed E-state index contributed by atoms with van der Waals surface area (Å²) in [7, 11) is 0. The molecule has 0 aliphatic carbocycles. The molecule has 2 aromatic carbocycles. The monoisotopic (exact) mass is 343 g/mol. The van der Waals surface area contributed by atoms with Crippen LogP contribution in [0.3, 0.4) is 0 Å². The zero-order chi connectivity index (χ0) is 18.4. The van der Waals surface area contributed by atoms with Gasteiger partial charge in [-0.1, -0.05) is 32.0 Å². The van der Waals surface area contributed by atoms with Gasteiger partial charge < -0.3 is 10.1 Å². The molecule has 2 aromatic rings. The predicted molar refractivity (Wildman–Crippen MR) is 99.5 cm³/mol. The lowest BCUT2D eigenvalue weighted by Crippen LogP contribution is -2.31. The van der Waals surface area contributed by atoms with Gasteiger partial charge in [-0.05, 0) is 62.1 Å². The van der Waals surface area contributed by atoms with Crippen molar-refractivity contribution in [2.75, 3.05) is 11.9 Å². The lowest BCUT2D eigenvalue weighted by molar-refractivity contribution is -0.124. The maximum Gasteiger partial charge on any atom is 0.230 e. The number of hydrogen-bond acceptors (Lipinski definition) is 2. The minimum atomic E-state index is -0.558. The average Bonchev–Trinajstić information content (AvgIpc) is 2.54. The van der Waals surface area contributed by atoms with Crippen molar-refractivity contribution in [3.8, 4) is 5.75 Å². The molecule has 0 spiro atoms. The first-order chi connectivity index (χ1) is 11.8. The minimum absolute atomic E-state index is 0.121. The first-order valence-corrected chi connectivity index (χ1v) is 8.55. The number of amides is 1. The Balaban J connectivity index is 1.84. The summed E-state index contributed by atoms with van der Waals surface area (Å²) in [6.07, 6.45) is 1.44. The van der Waals surface area contributed by atoms with Gasteiger partial charge in [-0.2, -0.15) is 0 Å². The van der Waals surface area contributed by atoms with E-state index in [1.54, 1.807) is 12.1 Å². The molecule has 0 aliphatic rings. The Kier molecular flexibility index (Phi) is 6.18. The lowest BCUT2D eigenvalue weighted by atomic mass is 9.87. The molecule has 0 aliphatic heterocycles. The van der Waals surface area contributed by atoms with E-state index >= 15 is 0 Å². The van der Waals surface area contributed by atoms with E-state index in [1.165, 1.54) is 12.1 Å². The van der Waals surface area contributed by atoms with Gasteiger partial charge in [0.15, 0.2) is 0 Å². The molecule has 0 atom stereocenters. The maximum absolute atomic E-state index is 13.2. The first kappa shape index (κ1) is 19.0. The Morgan fingerprint density at radius 1 is 1.16 bits per heavy atom. The number of benzene rings is 2. The fourth-order valence-electron chi connectivity index (χ4n) is 2.54. The summed E-state index contributed by atoms with van der Waals surface area (Å²) < 4.78 is 19.1. The fraction of sp³-hybridized carbons (Fsp3) is 0.381. The number of halogens is 1. The van der Waals surface area contributed by atoms with Crippen LogP contribution in [0.1, 0.15) is 37.8 Å². The predicted octanol–water partition coefficient (Wildman–Crippen LogP) is 5.27. The summed E-state index contributed by atoms with van der Waals surface area (Å²) in [6.45, 7) is 8.39. The first-order valence-electron chi connectivity index (χ1n) is 8.55. The molecular weight excluding hydrogens is 317 g/mol. The molecule has 0 saturated carbocycles. The van der Waals surface area contributed by atoms with Crippen molar-refractivity contribution < 1.29 is 13.9 Å². The number of rotatable bonds is 7. The van der Waals surface area contributed by atoms with Crippen molar-refractivity contribution in [3.63, 3.8) is 0 Å². The second-order valence-corrected chi connectivity index (χ2v) is 7.07. The molecule has 4 heteroatoms. The Labute approximate surface area is 149 Å². The minimum Gasteiger partial charge on any atom is -0.493 e. The molecule has 0 fully saturated rings. The zero-order valence-corrected chi connectivity index (χ0v) is 15.4. The van der Waals surface area contributed by atoms with Crippen LogP contribution in [0.15, 0.2) is 42.5 Å². The smallest absolute Gasteiger partial charge is 0.230 e. The summed E-state index contributed by atoms with van der Waals surface area (Å²) in [5.41, 5.74) is 2.19. The molecule has 0 bridgehead atoms. The highest BCUT2D eigenvalue weighted by atomic mass is 19.1. The van der Waals surface area contributed by atoms with E-state index in [1.807, 2.05) is 39.8 Å². The summed E-state index contributed by atoms with van der Waals surface area (Å²) in [6, 6.07) is 12.1. The van der Waals surface area contributed by atoms with Crippen LogP contribution in [-0.4, -0.2) is 12.5 Å². The molecule has 0 radical (unpaired) electrons. The van der Waals surface area contributed by atoms with Gasteiger partial charge in [0.25, 0.3) is 0 Å². The van der Waals surface area contributed by atoms with Crippen molar-refractivity contribution in [2.24, 2.45) is 5.41 Å². The average molecular weight is 343 g/mol. The van der Waals surface area contributed by atoms with Crippen molar-refractivity contribution in [1.29, 1.82) is 0 Å². The second-order valence-electron chi connectivity index (χ2n) is 7.07. The topological polar surface area (TPSA) is 38.3 Å². The third-order valence-electron chi connectivity index (χ3n) is 4.24. The summed E-state index contributed by atoms with van der Waals surface area (Å²) in [5.74, 6) is 0.407. The van der Waals surface area contributed by atoms with Crippen LogP contribution >= 0.6 is 0 Å². The molecule has 0 unspecified atom stereocenters. The van der Waals surface area contributed by atoms with E-state index < -0.39 is 5.41 Å². The number of ether oxygens (including phenoxy) is 1. The van der Waals surface area contributed by atoms with E-state index in [4.69, 9.17) is 4.74 Å². The summed E-state index contributed by atoms with van der Waals surface area (Å²) in [4.78, 5) is 12.4. The molecule has 2 rings (SSSR count). The molecular formula is C21H26FNO2. The Morgan fingerprint density at radius 2 is 1.92 bits per heavy atom. The SMILES string of the molecule is Cc1ccc(C)c(OCCCC(C)(C)C(=O)Nc2cccc(F)c2)c1. The highest BCUT2D eigenvalue weighted by Gasteiger charge is 2.27. The maximum atomic E-state index is 13.2. The van der Waals surface area contributed by atoms with Crippen molar-refractivity contribution >= 4 is 11.6 Å². The van der Waals surface area contributed by atoms with E-state index in [9.17, 15) is 9.18 Å². The van der Waals surface area contributed by atoms with E-state index in [0.717, 1.165) is 23.3 Å². The molecule has 25 heavy (non-hydrogen) atoms. The molecule has 0 aromatic heterocycles. The number of carbonyl (C=O) groups is 1. The van der Waals surface area contributed by atoms with Crippen LogP contribution in [0.2, 0.25) is 0 Å². The van der Waals surface area contributed by atoms with E-state index in [0.29, 0.717) is 18.7 Å². The van der Waals surface area contributed by atoms with E-state index in [-0.39, 0.29) is 11.7 Å². The van der Waals surface area contributed by atoms with Gasteiger partial charge in [0.05, 0.1) is 6.61 Å². The molecule has 0 heterocycles. The van der Waals surface area contributed by atoms with Crippen LogP contribution in [0, 0.1) is 25.1 Å². The standard InChI is InChI=1S/C21H26FNO2/c1-15-9-10-16(2)19(13-15)25-12-6-11-21(3,4)20(24)23-18-8-5-7-17(22)14-18/h5,7-10,13-14H,6,11-12H2,1-4H3,(H,23,24). The van der Waals surface area contributed by atoms with Gasteiger partial charge in [0.2, 0.25) is 5.91 Å². The van der Waals surface area contributed by atoms with Crippen molar-refractivity contribution in [1.82, 2.24) is 0 Å². The number of hydrogen-bond donors (Lipinski definition) is 1. The van der Waals surface area contributed by atoms with Gasteiger partial charge in [0, 0.05) is 11.1 Å². The molecule has 0 saturated heterocycles. The van der Waals surface area contributed by atoms with Crippen LogP contribution in [-0.2, 0) is 4.79 Å². The Morgan fingerprint density at radius 3 is 2.64 bits per heavy atom. The highest BCUT2D eigenvalue weighted by molar-refractivity contribution is 5.94. The van der Waals surface area contributed by atoms with Crippen LogP contribution in [0.4, 0.5) is 10.1 Å². The van der Waals surface area contributed by atoms with Crippen LogP contribution < -0.4 is 10.1 Å². The molecule has 3 nitrogen and oxygen atoms in total. The van der Waals surface area contributed by atoms with Crippen molar-refractivity contribution in [2.45, 2.75) is 40.5 Å². The fourth-order valence-corrected chi connectivity index (χ4v) is 2.54. The number of nitrogens with one attached hydrogen (secondary N) is 1.